The fraction of sp³-hybridized carbons (Fsp3) is 0.231. The van der Waals surface area contributed by atoms with Crippen molar-refractivity contribution in [3.63, 3.8) is 0 Å². The number of carbonyl (C=O) groups excluding carboxylic acids is 2. The van der Waals surface area contributed by atoms with Crippen molar-refractivity contribution in [1.29, 1.82) is 0 Å². The Morgan fingerprint density at radius 1 is 1.03 bits per heavy atom. The van der Waals surface area contributed by atoms with E-state index in [-0.39, 0.29) is 11.6 Å². The highest BCUT2D eigenvalue weighted by molar-refractivity contribution is 7.20. The van der Waals surface area contributed by atoms with Crippen LogP contribution in [-0.2, 0) is 0 Å². The highest BCUT2D eigenvalue weighted by Crippen LogP contribution is 2.35. The van der Waals surface area contributed by atoms with Crippen LogP contribution in [0.25, 0.3) is 10.8 Å². The number of anilines is 4. The number of nitrogens with zero attached hydrogens (tertiary/aromatic N) is 5. The summed E-state index contributed by atoms with van der Waals surface area (Å²) in [6, 6.07) is 15.4. The van der Waals surface area contributed by atoms with Crippen LogP contribution in [-0.4, -0.2) is 67.0 Å². The first-order valence-corrected chi connectivity index (χ1v) is 12.4. The molecule has 1 aliphatic heterocycles. The number of primary amides is 1. The first kappa shape index (κ1) is 23.7. The van der Waals surface area contributed by atoms with Crippen LogP contribution >= 0.6 is 11.3 Å². The predicted octanol–water partition coefficient (Wildman–Crippen LogP) is 3.56. The average molecular weight is 502 g/mol. The fourth-order valence-corrected chi connectivity index (χ4v) is 5.11. The molecule has 0 bridgehead atoms. The molecule has 0 aliphatic carbocycles. The van der Waals surface area contributed by atoms with E-state index in [4.69, 9.17) is 5.73 Å². The van der Waals surface area contributed by atoms with Gasteiger partial charge in [0, 0.05) is 67.9 Å². The van der Waals surface area contributed by atoms with E-state index in [0.29, 0.717) is 15.7 Å². The molecule has 0 atom stereocenters. The molecule has 2 aromatic heterocycles. The molecular weight excluding hydrogens is 474 g/mol. The predicted molar refractivity (Wildman–Crippen MR) is 145 cm³/mol. The van der Waals surface area contributed by atoms with E-state index in [0.717, 1.165) is 48.3 Å². The first-order valence-electron chi connectivity index (χ1n) is 11.6. The van der Waals surface area contributed by atoms with Gasteiger partial charge < -0.3 is 25.8 Å². The molecule has 4 aromatic rings. The highest BCUT2D eigenvalue weighted by atomic mass is 32.1. The summed E-state index contributed by atoms with van der Waals surface area (Å²) in [7, 11) is 3.97. The Morgan fingerprint density at radius 3 is 2.50 bits per heavy atom. The van der Waals surface area contributed by atoms with Crippen molar-refractivity contribution in [1.82, 2.24) is 14.9 Å². The number of nitrogens with two attached hydrogens (primary N) is 1. The maximum Gasteiger partial charge on any atom is 0.270 e. The van der Waals surface area contributed by atoms with E-state index in [9.17, 15) is 9.59 Å². The zero-order chi connectivity index (χ0) is 25.2. The Bertz CT molecular complexity index is 1410. The largest absolute Gasteiger partial charge is 0.369 e. The summed E-state index contributed by atoms with van der Waals surface area (Å²) in [6.45, 7) is 3.93. The molecule has 0 spiro atoms. The van der Waals surface area contributed by atoms with E-state index in [2.05, 4.69) is 32.1 Å². The van der Waals surface area contributed by atoms with Crippen molar-refractivity contribution >= 4 is 55.4 Å². The van der Waals surface area contributed by atoms with Crippen molar-refractivity contribution in [3.8, 4) is 0 Å². The van der Waals surface area contributed by atoms with Crippen molar-refractivity contribution in [2.75, 3.05) is 55.4 Å². The Labute approximate surface area is 213 Å². The number of benzene rings is 2. The van der Waals surface area contributed by atoms with Crippen LogP contribution in [0.4, 0.5) is 21.5 Å². The van der Waals surface area contributed by atoms with Gasteiger partial charge in [0.15, 0.2) is 10.8 Å². The van der Waals surface area contributed by atoms with Crippen LogP contribution in [0.3, 0.4) is 0 Å². The molecule has 1 fully saturated rings. The lowest BCUT2D eigenvalue weighted by atomic mass is 10.1. The van der Waals surface area contributed by atoms with Gasteiger partial charge in [-0.1, -0.05) is 17.4 Å². The number of nitrogens with one attached hydrogen (secondary N) is 1. The number of hydrogen-bond acceptors (Lipinski definition) is 8. The normalized spacial score (nSPS) is 14.1. The number of fused-ring (bicyclic) bond motifs is 1. The van der Waals surface area contributed by atoms with Gasteiger partial charge in [-0.25, -0.2) is 4.98 Å². The quantitative estimate of drug-likeness (QED) is 0.416. The number of thiazole rings is 1. The summed E-state index contributed by atoms with van der Waals surface area (Å²) < 4.78 is 0. The molecule has 36 heavy (non-hydrogen) atoms. The second-order valence-corrected chi connectivity index (χ2v) is 9.77. The number of likely N-dealkylation sites (N-methyl/N-ethyl adjacent to an activating group) is 1. The Hall–Kier alpha value is -4.02. The van der Waals surface area contributed by atoms with E-state index in [1.165, 1.54) is 11.3 Å². The van der Waals surface area contributed by atoms with E-state index < -0.39 is 5.91 Å². The molecule has 2 amide bonds. The zero-order valence-electron chi connectivity index (χ0n) is 20.1. The van der Waals surface area contributed by atoms with Gasteiger partial charge in [-0.3, -0.25) is 14.6 Å². The summed E-state index contributed by atoms with van der Waals surface area (Å²) in [6.07, 6.45) is 3.55. The third-order valence-corrected chi connectivity index (χ3v) is 7.42. The Balaban J connectivity index is 1.34. The molecule has 3 N–H and O–H groups in total. The maximum atomic E-state index is 13.0. The molecule has 9 nitrogen and oxygen atoms in total. The van der Waals surface area contributed by atoms with Crippen LogP contribution in [0, 0.1) is 0 Å². The molecule has 10 heteroatoms. The fourth-order valence-electron chi connectivity index (χ4n) is 4.16. The number of hydrogen-bond donors (Lipinski definition) is 2. The van der Waals surface area contributed by atoms with Gasteiger partial charge in [0.25, 0.3) is 11.8 Å². The second-order valence-electron chi connectivity index (χ2n) is 8.80. The molecule has 1 saturated heterocycles. The van der Waals surface area contributed by atoms with Crippen molar-refractivity contribution in [3.05, 3.63) is 72.2 Å². The molecule has 5 rings (SSSR count). The molecule has 184 valence electrons. The third-order valence-electron chi connectivity index (χ3n) is 6.37. The number of pyridine rings is 1. The van der Waals surface area contributed by atoms with E-state index in [1.54, 1.807) is 24.5 Å². The van der Waals surface area contributed by atoms with Crippen LogP contribution in [0.1, 0.15) is 20.8 Å². The second kappa shape index (κ2) is 9.92. The zero-order valence-corrected chi connectivity index (χ0v) is 21.0. The van der Waals surface area contributed by atoms with Gasteiger partial charge in [0.05, 0.1) is 0 Å². The van der Waals surface area contributed by atoms with Crippen LogP contribution < -0.4 is 20.9 Å². The lowest BCUT2D eigenvalue weighted by molar-refractivity contribution is 0.0997. The molecule has 2 aromatic carbocycles. The molecule has 0 saturated carbocycles. The average Bonchev–Trinajstić information content (AvgIpc) is 3.32. The van der Waals surface area contributed by atoms with Crippen molar-refractivity contribution in [2.24, 2.45) is 5.73 Å². The lowest BCUT2D eigenvalue weighted by Gasteiger charge is -2.34. The van der Waals surface area contributed by atoms with Crippen molar-refractivity contribution < 1.29 is 9.59 Å². The summed E-state index contributed by atoms with van der Waals surface area (Å²) in [4.78, 5) is 40.1. The number of piperazine rings is 1. The van der Waals surface area contributed by atoms with Crippen LogP contribution in [0.2, 0.25) is 0 Å². The minimum Gasteiger partial charge on any atom is -0.369 e. The molecule has 0 radical (unpaired) electrons. The van der Waals surface area contributed by atoms with E-state index >= 15 is 0 Å². The summed E-state index contributed by atoms with van der Waals surface area (Å²) >= 11 is 1.20. The van der Waals surface area contributed by atoms with Crippen LogP contribution in [0.5, 0.6) is 0 Å². The number of aromatic nitrogens is 2. The van der Waals surface area contributed by atoms with Gasteiger partial charge in [0.1, 0.15) is 5.00 Å². The SMILES string of the molecule is CN1CCN(c2ccc(C(=O)Nc3sc(N(C)c4ccc5cnccc5c4)nc3C(N)=O)cc2)CC1. The standard InChI is InChI=1S/C26H27N7O2S/c1-31-11-13-33(14-12-31)20-6-3-17(4-7-20)24(35)30-25-22(23(27)34)29-26(36-25)32(2)21-8-5-19-16-28-10-9-18(19)15-21/h3-10,15-16H,11-14H2,1-2H3,(H2,27,34)(H,30,35). The Kier molecular flexibility index (Phi) is 6.53. The summed E-state index contributed by atoms with van der Waals surface area (Å²) in [5, 5.41) is 5.75. The van der Waals surface area contributed by atoms with Gasteiger partial charge in [-0.2, -0.15) is 0 Å². The van der Waals surface area contributed by atoms with Gasteiger partial charge in [-0.05, 0) is 54.9 Å². The molecular formula is C26H27N7O2S. The number of rotatable bonds is 6. The van der Waals surface area contributed by atoms with Crippen LogP contribution in [0.15, 0.2) is 60.9 Å². The van der Waals surface area contributed by atoms with Gasteiger partial charge in [-0.15, -0.1) is 0 Å². The third kappa shape index (κ3) is 4.86. The monoisotopic (exact) mass is 501 g/mol. The summed E-state index contributed by atoms with van der Waals surface area (Å²) in [5.41, 5.74) is 8.09. The topological polar surface area (TPSA) is 108 Å². The molecule has 0 unspecified atom stereocenters. The Morgan fingerprint density at radius 2 is 1.78 bits per heavy atom. The minimum absolute atomic E-state index is 0.0363. The number of amides is 2. The van der Waals surface area contributed by atoms with E-state index in [1.807, 2.05) is 48.3 Å². The number of carbonyl (C=O) groups is 2. The van der Waals surface area contributed by atoms with Crippen molar-refractivity contribution in [2.45, 2.75) is 0 Å². The lowest BCUT2D eigenvalue weighted by Crippen LogP contribution is -2.44. The highest BCUT2D eigenvalue weighted by Gasteiger charge is 2.22. The maximum absolute atomic E-state index is 13.0. The molecule has 1 aliphatic rings. The summed E-state index contributed by atoms with van der Waals surface area (Å²) in [5.74, 6) is -1.02. The van der Waals surface area contributed by atoms with Gasteiger partial charge >= 0.3 is 0 Å². The van der Waals surface area contributed by atoms with Gasteiger partial charge in [0.2, 0.25) is 0 Å². The first-order chi connectivity index (χ1) is 17.4. The minimum atomic E-state index is -0.698. The smallest absolute Gasteiger partial charge is 0.270 e. The molecule has 3 heterocycles.